The molecule has 0 atom stereocenters. The van der Waals surface area contributed by atoms with Crippen molar-refractivity contribution in [3.63, 3.8) is 0 Å². The normalized spacial score (nSPS) is 14.9. The first-order valence-corrected chi connectivity index (χ1v) is 4.96. The number of anilines is 2. The van der Waals surface area contributed by atoms with Crippen LogP contribution in [0.25, 0.3) is 0 Å². The van der Waals surface area contributed by atoms with Gasteiger partial charge in [0, 0.05) is 6.07 Å². The van der Waals surface area contributed by atoms with Gasteiger partial charge in [-0.05, 0) is 6.07 Å². The number of nitrogens with zero attached hydrogens (tertiary/aromatic N) is 2. The Labute approximate surface area is 111 Å². The second-order valence-corrected chi connectivity index (χ2v) is 3.71. The Kier molecular flexibility index (Phi) is 3.33. The Bertz CT molecular complexity index is 587. The molecule has 2 N–H and O–H groups in total. The summed E-state index contributed by atoms with van der Waals surface area (Å²) in [7, 11) is 0. The highest BCUT2D eigenvalue weighted by Gasteiger charge is 2.41. The van der Waals surface area contributed by atoms with Gasteiger partial charge in [0.05, 0.1) is 10.5 Å². The van der Waals surface area contributed by atoms with E-state index < -0.39 is 40.1 Å². The van der Waals surface area contributed by atoms with Gasteiger partial charge >= 0.3 is 12.5 Å². The van der Waals surface area contributed by atoms with Crippen molar-refractivity contribution in [1.82, 2.24) is 5.53 Å². The van der Waals surface area contributed by atoms with Crippen molar-refractivity contribution in [2.75, 3.05) is 10.6 Å². The van der Waals surface area contributed by atoms with Crippen molar-refractivity contribution >= 4 is 17.1 Å². The van der Waals surface area contributed by atoms with Gasteiger partial charge in [-0.15, -0.1) is 18.7 Å². The Morgan fingerprint density at radius 2 is 1.81 bits per heavy atom. The summed E-state index contributed by atoms with van der Waals surface area (Å²) in [6, 6.07) is 0.478. The van der Waals surface area contributed by atoms with Crippen LogP contribution in [0.15, 0.2) is 12.1 Å². The third-order valence-corrected chi connectivity index (χ3v) is 2.32. The topological polar surface area (TPSA) is 79.7 Å². The van der Waals surface area contributed by atoms with Crippen LogP contribution in [0.2, 0.25) is 0 Å². The number of hydrazine groups is 2. The molecule has 1 aliphatic heterocycles. The Balaban J connectivity index is 2.53. The number of hydrogen-bond donors (Lipinski definition) is 2. The van der Waals surface area contributed by atoms with Gasteiger partial charge in [0.1, 0.15) is 5.69 Å². The summed E-state index contributed by atoms with van der Waals surface area (Å²) in [6.07, 6.45) is -10.2. The molecule has 13 heteroatoms. The predicted octanol–water partition coefficient (Wildman–Crippen LogP) is 2.72. The lowest BCUT2D eigenvalue weighted by Crippen LogP contribution is -2.40. The van der Waals surface area contributed by atoms with E-state index in [1.54, 1.807) is 5.53 Å². The Morgan fingerprint density at radius 3 is 2.29 bits per heavy atom. The minimum Gasteiger partial charge on any atom is -0.294 e. The second-order valence-electron chi connectivity index (χ2n) is 3.71. The molecular formula is C8H4F6N4O3. The molecule has 0 radical (unpaired) electrons. The van der Waals surface area contributed by atoms with E-state index in [0.717, 1.165) is 0 Å². The number of benzene rings is 1. The van der Waals surface area contributed by atoms with E-state index in [0.29, 0.717) is 0 Å². The first kappa shape index (κ1) is 15.1. The van der Waals surface area contributed by atoms with E-state index in [-0.39, 0.29) is 17.3 Å². The molecule has 0 bridgehead atoms. The smallest absolute Gasteiger partial charge is 0.294 e. The molecule has 0 amide bonds. The second kappa shape index (κ2) is 4.63. The molecule has 0 aromatic heterocycles. The number of nitrogens with one attached hydrogen (secondary N) is 2. The number of fused-ring (bicyclic) bond motifs is 1. The lowest BCUT2D eigenvalue weighted by molar-refractivity contribution is -0.384. The average Bonchev–Trinajstić information content (AvgIpc) is 2.67. The molecular weight excluding hydrogens is 314 g/mol. The molecule has 0 aliphatic carbocycles. The van der Waals surface area contributed by atoms with Crippen LogP contribution in [0.4, 0.5) is 43.4 Å². The van der Waals surface area contributed by atoms with E-state index in [9.17, 15) is 36.5 Å². The van der Waals surface area contributed by atoms with Crippen LogP contribution in [0.5, 0.6) is 0 Å². The van der Waals surface area contributed by atoms with Gasteiger partial charge < -0.3 is 0 Å². The van der Waals surface area contributed by atoms with Crippen molar-refractivity contribution in [2.24, 2.45) is 0 Å². The number of alkyl halides is 6. The summed E-state index contributed by atoms with van der Waals surface area (Å²) in [5.74, 6) is 0. The van der Waals surface area contributed by atoms with Crippen LogP contribution in [0.3, 0.4) is 0 Å². The highest BCUT2D eigenvalue weighted by atomic mass is 19.4. The van der Waals surface area contributed by atoms with Crippen LogP contribution in [-0.4, -0.2) is 11.3 Å². The monoisotopic (exact) mass is 318 g/mol. The number of nitro benzene ring substituents is 1. The molecule has 1 aromatic rings. The molecule has 116 valence electrons. The molecule has 0 saturated carbocycles. The molecule has 2 rings (SSSR count). The maximum Gasteiger partial charge on any atom is 0.545 e. The number of rotatable bonds is 2. The minimum absolute atomic E-state index is 0.183. The van der Waals surface area contributed by atoms with Crippen molar-refractivity contribution < 1.29 is 36.1 Å². The molecule has 1 aromatic carbocycles. The van der Waals surface area contributed by atoms with Gasteiger partial charge in [-0.3, -0.25) is 15.5 Å². The molecule has 21 heavy (non-hydrogen) atoms. The van der Waals surface area contributed by atoms with Gasteiger partial charge in [-0.25, -0.2) is 0 Å². The van der Waals surface area contributed by atoms with E-state index in [2.05, 4.69) is 4.84 Å². The SMILES string of the molecule is O=[N+]([O-])c1cc(C(F)(F)F)cc2c1NNN2OC(F)(F)F. The molecule has 0 unspecified atom stereocenters. The van der Waals surface area contributed by atoms with Crippen LogP contribution in [-0.2, 0) is 11.0 Å². The fraction of sp³-hybridized carbons (Fsp3) is 0.250. The maximum atomic E-state index is 12.6. The van der Waals surface area contributed by atoms with Crippen molar-refractivity contribution in [2.45, 2.75) is 12.5 Å². The van der Waals surface area contributed by atoms with Crippen molar-refractivity contribution in [3.8, 4) is 0 Å². The fourth-order valence-corrected chi connectivity index (χ4v) is 1.55. The van der Waals surface area contributed by atoms with E-state index in [4.69, 9.17) is 0 Å². The van der Waals surface area contributed by atoms with Crippen LogP contribution in [0.1, 0.15) is 5.56 Å². The summed E-state index contributed by atoms with van der Waals surface area (Å²) in [6.45, 7) is 0. The predicted molar refractivity (Wildman–Crippen MR) is 54.5 cm³/mol. The summed E-state index contributed by atoms with van der Waals surface area (Å²) >= 11 is 0. The van der Waals surface area contributed by atoms with Gasteiger partial charge in [0.15, 0.2) is 5.69 Å². The van der Waals surface area contributed by atoms with Crippen molar-refractivity contribution in [3.05, 3.63) is 27.8 Å². The summed E-state index contributed by atoms with van der Waals surface area (Å²) < 4.78 is 74.2. The third-order valence-electron chi connectivity index (χ3n) is 2.32. The zero-order valence-electron chi connectivity index (χ0n) is 9.54. The molecule has 0 spiro atoms. The zero-order valence-corrected chi connectivity index (χ0v) is 9.54. The van der Waals surface area contributed by atoms with Crippen LogP contribution < -0.4 is 16.1 Å². The standard InChI is InChI=1S/C8H4F6N4O3/c9-7(10,11)3-1-4-6(5(2-3)18(19)20)15-16-17(4)21-8(12,13)14/h1-2,15-16H. The molecule has 1 heterocycles. The zero-order chi connectivity index (χ0) is 16.0. The van der Waals surface area contributed by atoms with Crippen LogP contribution >= 0.6 is 0 Å². The highest BCUT2D eigenvalue weighted by Crippen LogP contribution is 2.43. The van der Waals surface area contributed by atoms with Gasteiger partial charge in [-0.2, -0.15) is 23.2 Å². The molecule has 7 nitrogen and oxygen atoms in total. The molecule has 0 saturated heterocycles. The van der Waals surface area contributed by atoms with Crippen LogP contribution in [0, 0.1) is 10.1 Å². The summed E-state index contributed by atoms with van der Waals surface area (Å²) in [5, 5.41) is 10.5. The van der Waals surface area contributed by atoms with E-state index >= 15 is 0 Å². The Hall–Kier alpha value is -2.28. The third kappa shape index (κ3) is 3.08. The fourth-order valence-electron chi connectivity index (χ4n) is 1.55. The minimum atomic E-state index is -5.21. The summed E-state index contributed by atoms with van der Waals surface area (Å²) in [4.78, 5) is 13.0. The first-order valence-electron chi connectivity index (χ1n) is 4.96. The maximum absolute atomic E-state index is 12.6. The van der Waals surface area contributed by atoms with Gasteiger partial charge in [0.25, 0.3) is 5.69 Å². The largest absolute Gasteiger partial charge is 0.545 e. The quantitative estimate of drug-likeness (QED) is 0.496. The van der Waals surface area contributed by atoms with E-state index in [1.807, 2.05) is 5.43 Å². The summed E-state index contributed by atoms with van der Waals surface area (Å²) in [5.41, 5.74) is -0.292. The number of halogens is 6. The number of hydrogen-bond acceptors (Lipinski definition) is 6. The van der Waals surface area contributed by atoms with Crippen molar-refractivity contribution in [1.29, 1.82) is 0 Å². The van der Waals surface area contributed by atoms with Gasteiger partial charge in [0.2, 0.25) is 0 Å². The number of nitro groups is 1. The lowest BCUT2D eigenvalue weighted by atomic mass is 10.1. The lowest BCUT2D eigenvalue weighted by Gasteiger charge is -2.18. The molecule has 0 fully saturated rings. The van der Waals surface area contributed by atoms with E-state index in [1.165, 1.54) is 0 Å². The average molecular weight is 318 g/mol. The Morgan fingerprint density at radius 1 is 1.19 bits per heavy atom. The van der Waals surface area contributed by atoms with Gasteiger partial charge in [-0.1, -0.05) is 0 Å². The first-order chi connectivity index (χ1) is 9.49. The molecule has 1 aliphatic rings. The highest BCUT2D eigenvalue weighted by molar-refractivity contribution is 5.82.